The maximum absolute atomic E-state index is 12.7. The smallest absolute Gasteiger partial charge is 0.416 e. The van der Waals surface area contributed by atoms with Gasteiger partial charge >= 0.3 is 12.1 Å². The molecule has 10 heteroatoms. The third-order valence-corrected chi connectivity index (χ3v) is 3.67. The van der Waals surface area contributed by atoms with Crippen LogP contribution in [0.25, 0.3) is 0 Å². The Balaban J connectivity index is 2.31. The van der Waals surface area contributed by atoms with Crippen molar-refractivity contribution in [3.05, 3.63) is 62.7 Å². The highest BCUT2D eigenvalue weighted by Crippen LogP contribution is 2.37. The summed E-state index contributed by atoms with van der Waals surface area (Å²) in [6.45, 7) is 1.71. The second kappa shape index (κ2) is 8.26. The maximum atomic E-state index is 12.7. The van der Waals surface area contributed by atoms with E-state index in [1.54, 1.807) is 6.92 Å². The predicted octanol–water partition coefficient (Wildman–Crippen LogP) is 5.16. The lowest BCUT2D eigenvalue weighted by molar-refractivity contribution is -0.385. The Bertz CT molecular complexity index is 870. The molecule has 0 atom stereocenters. The zero-order valence-corrected chi connectivity index (χ0v) is 14.6. The molecule has 0 aliphatic rings. The molecule has 0 aliphatic carbocycles. The summed E-state index contributed by atoms with van der Waals surface area (Å²) >= 11 is 5.83. The molecule has 27 heavy (non-hydrogen) atoms. The lowest BCUT2D eigenvalue weighted by Crippen LogP contribution is -2.09. The van der Waals surface area contributed by atoms with E-state index in [0.717, 1.165) is 18.2 Å². The first-order valence-electron chi connectivity index (χ1n) is 7.59. The quantitative estimate of drug-likeness (QED) is 0.378. The van der Waals surface area contributed by atoms with Crippen LogP contribution in [0.4, 0.5) is 18.9 Å². The SMILES string of the molecule is CCOC(=O)Cc1cc(Oc2ccc(C(F)(F)F)cc2Cl)ccc1[N+](=O)[O-]. The molecule has 0 fully saturated rings. The van der Waals surface area contributed by atoms with Crippen molar-refractivity contribution in [2.75, 3.05) is 6.61 Å². The highest BCUT2D eigenvalue weighted by atomic mass is 35.5. The number of esters is 1. The number of carbonyl (C=O) groups is 1. The number of benzene rings is 2. The molecule has 144 valence electrons. The van der Waals surface area contributed by atoms with Gasteiger partial charge in [-0.3, -0.25) is 14.9 Å². The number of halogens is 4. The van der Waals surface area contributed by atoms with Crippen LogP contribution in [0, 0.1) is 10.1 Å². The fraction of sp³-hybridized carbons (Fsp3) is 0.235. The van der Waals surface area contributed by atoms with Crippen LogP contribution in [0.5, 0.6) is 11.5 Å². The van der Waals surface area contributed by atoms with E-state index in [1.807, 2.05) is 0 Å². The van der Waals surface area contributed by atoms with E-state index in [1.165, 1.54) is 12.1 Å². The second-order valence-electron chi connectivity index (χ2n) is 5.27. The summed E-state index contributed by atoms with van der Waals surface area (Å²) in [6, 6.07) is 6.16. The maximum Gasteiger partial charge on any atom is 0.416 e. The van der Waals surface area contributed by atoms with Crippen molar-refractivity contribution in [2.24, 2.45) is 0 Å². The lowest BCUT2D eigenvalue weighted by atomic mass is 10.1. The van der Waals surface area contributed by atoms with Crippen molar-refractivity contribution < 1.29 is 32.4 Å². The molecular formula is C17H13ClF3NO5. The van der Waals surface area contributed by atoms with Gasteiger partial charge in [-0.2, -0.15) is 13.2 Å². The van der Waals surface area contributed by atoms with Gasteiger partial charge in [0.1, 0.15) is 11.5 Å². The van der Waals surface area contributed by atoms with Gasteiger partial charge in [-0.25, -0.2) is 0 Å². The predicted molar refractivity (Wildman–Crippen MR) is 90.0 cm³/mol. The molecule has 0 N–H and O–H groups in total. The molecule has 0 unspecified atom stereocenters. The van der Waals surface area contributed by atoms with Gasteiger partial charge in [0.15, 0.2) is 0 Å². The summed E-state index contributed by atoms with van der Waals surface area (Å²) in [6.07, 6.45) is -4.91. The van der Waals surface area contributed by atoms with Gasteiger partial charge in [-0.05, 0) is 37.3 Å². The Kier molecular flexibility index (Phi) is 6.27. The van der Waals surface area contributed by atoms with E-state index >= 15 is 0 Å². The van der Waals surface area contributed by atoms with Crippen molar-refractivity contribution in [2.45, 2.75) is 19.5 Å². The second-order valence-corrected chi connectivity index (χ2v) is 5.68. The minimum atomic E-state index is -4.55. The highest BCUT2D eigenvalue weighted by Gasteiger charge is 2.31. The Labute approximate surface area is 156 Å². The molecule has 0 aliphatic heterocycles. The first kappa shape index (κ1) is 20.5. The number of nitrogens with zero attached hydrogens (tertiary/aromatic N) is 1. The molecule has 0 amide bonds. The van der Waals surface area contributed by atoms with Crippen molar-refractivity contribution in [3.8, 4) is 11.5 Å². The zero-order chi connectivity index (χ0) is 20.2. The summed E-state index contributed by atoms with van der Waals surface area (Å²) in [5.74, 6) is -0.660. The molecule has 0 radical (unpaired) electrons. The number of ether oxygens (including phenoxy) is 2. The first-order valence-corrected chi connectivity index (χ1v) is 7.97. The fourth-order valence-electron chi connectivity index (χ4n) is 2.20. The van der Waals surface area contributed by atoms with Crippen LogP contribution >= 0.6 is 11.6 Å². The normalized spacial score (nSPS) is 11.1. The number of rotatable bonds is 6. The van der Waals surface area contributed by atoms with E-state index < -0.39 is 22.6 Å². The Morgan fingerprint density at radius 1 is 1.22 bits per heavy atom. The van der Waals surface area contributed by atoms with E-state index in [4.69, 9.17) is 21.1 Å². The third-order valence-electron chi connectivity index (χ3n) is 3.37. The van der Waals surface area contributed by atoms with Crippen LogP contribution in [0.1, 0.15) is 18.1 Å². The largest absolute Gasteiger partial charge is 0.466 e. The minimum Gasteiger partial charge on any atom is -0.466 e. The van der Waals surface area contributed by atoms with E-state index in [9.17, 15) is 28.1 Å². The minimum absolute atomic E-state index is 0.0407. The lowest BCUT2D eigenvalue weighted by Gasteiger charge is -2.12. The average Bonchev–Trinajstić information content (AvgIpc) is 2.56. The molecule has 0 heterocycles. The average molecular weight is 404 g/mol. The molecule has 0 saturated carbocycles. The van der Waals surface area contributed by atoms with Crippen molar-refractivity contribution >= 4 is 23.3 Å². The Morgan fingerprint density at radius 3 is 2.48 bits per heavy atom. The standard InChI is InChI=1S/C17H13ClF3NO5/c1-2-26-16(23)8-10-7-12(4-5-14(10)22(24)25)27-15-6-3-11(9-13(15)18)17(19,20)21/h3-7,9H,2,8H2,1H3. The topological polar surface area (TPSA) is 78.7 Å². The van der Waals surface area contributed by atoms with E-state index in [2.05, 4.69) is 0 Å². The van der Waals surface area contributed by atoms with Crippen LogP contribution in [-0.4, -0.2) is 17.5 Å². The number of alkyl halides is 3. The molecule has 0 aromatic heterocycles. The van der Waals surface area contributed by atoms with Gasteiger partial charge in [0.25, 0.3) is 5.69 Å². The highest BCUT2D eigenvalue weighted by molar-refractivity contribution is 6.32. The van der Waals surface area contributed by atoms with Crippen molar-refractivity contribution in [1.82, 2.24) is 0 Å². The number of nitro benzene ring substituents is 1. The number of carbonyl (C=O) groups excluding carboxylic acids is 1. The summed E-state index contributed by atoms with van der Waals surface area (Å²) in [4.78, 5) is 22.1. The van der Waals surface area contributed by atoms with Crippen molar-refractivity contribution in [3.63, 3.8) is 0 Å². The van der Waals surface area contributed by atoms with Gasteiger partial charge in [-0.15, -0.1) is 0 Å². The van der Waals surface area contributed by atoms with Gasteiger partial charge < -0.3 is 9.47 Å². The van der Waals surface area contributed by atoms with Crippen LogP contribution in [0.2, 0.25) is 5.02 Å². The summed E-state index contributed by atoms with van der Waals surface area (Å²) in [5, 5.41) is 10.8. The van der Waals surface area contributed by atoms with Gasteiger partial charge in [0.05, 0.1) is 28.5 Å². The molecule has 0 bridgehead atoms. The summed E-state index contributed by atoms with van der Waals surface area (Å²) in [7, 11) is 0. The van der Waals surface area contributed by atoms with Crippen LogP contribution in [-0.2, 0) is 22.1 Å². The Hall–Kier alpha value is -2.81. The number of hydrogen-bond donors (Lipinski definition) is 0. The molecule has 2 aromatic carbocycles. The van der Waals surface area contributed by atoms with E-state index in [0.29, 0.717) is 6.07 Å². The molecule has 6 nitrogen and oxygen atoms in total. The van der Waals surface area contributed by atoms with Gasteiger partial charge in [0.2, 0.25) is 0 Å². The van der Waals surface area contributed by atoms with Crippen molar-refractivity contribution in [1.29, 1.82) is 0 Å². The molecular weight excluding hydrogens is 391 g/mol. The van der Waals surface area contributed by atoms with Crippen LogP contribution < -0.4 is 4.74 Å². The third kappa shape index (κ3) is 5.33. The molecule has 0 saturated heterocycles. The number of nitro groups is 1. The molecule has 0 spiro atoms. The van der Waals surface area contributed by atoms with Crippen LogP contribution in [0.3, 0.4) is 0 Å². The summed E-state index contributed by atoms with van der Waals surface area (Å²) in [5.41, 5.74) is -1.21. The van der Waals surface area contributed by atoms with Gasteiger partial charge in [0, 0.05) is 11.6 Å². The first-order chi connectivity index (χ1) is 12.6. The van der Waals surface area contributed by atoms with Gasteiger partial charge in [-0.1, -0.05) is 11.6 Å². The van der Waals surface area contributed by atoms with E-state index in [-0.39, 0.29) is 40.8 Å². The molecule has 2 aromatic rings. The molecule has 2 rings (SSSR count). The monoisotopic (exact) mass is 403 g/mol. The fourth-order valence-corrected chi connectivity index (χ4v) is 2.42. The Morgan fingerprint density at radius 2 is 1.93 bits per heavy atom. The number of hydrogen-bond acceptors (Lipinski definition) is 5. The van der Waals surface area contributed by atoms with Crippen LogP contribution in [0.15, 0.2) is 36.4 Å². The summed E-state index contributed by atoms with van der Waals surface area (Å²) < 4.78 is 48.2. The zero-order valence-electron chi connectivity index (χ0n) is 13.9.